The van der Waals surface area contributed by atoms with Gasteiger partial charge in [0.1, 0.15) is 0 Å². The topological polar surface area (TPSA) is 69.6 Å². The first-order valence-corrected chi connectivity index (χ1v) is 5.67. The van der Waals surface area contributed by atoms with Crippen LogP contribution in [0, 0.1) is 11.8 Å². The van der Waals surface area contributed by atoms with E-state index in [0.717, 1.165) is 0 Å². The highest BCUT2D eigenvalue weighted by molar-refractivity contribution is 5.89. The van der Waals surface area contributed by atoms with E-state index < -0.39 is 0 Å². The van der Waals surface area contributed by atoms with E-state index in [1.165, 1.54) is 0 Å². The number of carbonyl (C=O) groups excluding carboxylic acids is 2. The molecule has 1 fully saturated rings. The van der Waals surface area contributed by atoms with E-state index in [2.05, 4.69) is 5.32 Å². The standard InChI is InChI=1S/C11H20N2O3/c1-8(3-4-14)6-12-11(16)9-5-10(15)13(2)7-9/h8-9,14H,3-7H2,1-2H3,(H,12,16). The van der Waals surface area contributed by atoms with Crippen LogP contribution in [0.4, 0.5) is 0 Å². The average molecular weight is 228 g/mol. The van der Waals surface area contributed by atoms with Crippen LogP contribution in [0.1, 0.15) is 19.8 Å². The summed E-state index contributed by atoms with van der Waals surface area (Å²) in [5.74, 6) is 0.0358. The normalized spacial score (nSPS) is 22.3. The van der Waals surface area contributed by atoms with Gasteiger partial charge in [-0.1, -0.05) is 6.92 Å². The van der Waals surface area contributed by atoms with Crippen molar-refractivity contribution < 1.29 is 14.7 Å². The second-order valence-corrected chi connectivity index (χ2v) is 4.54. The fourth-order valence-electron chi connectivity index (χ4n) is 1.78. The van der Waals surface area contributed by atoms with Crippen molar-refractivity contribution in [3.8, 4) is 0 Å². The van der Waals surface area contributed by atoms with E-state index in [0.29, 0.717) is 25.9 Å². The van der Waals surface area contributed by atoms with E-state index in [1.807, 2.05) is 6.92 Å². The molecule has 92 valence electrons. The van der Waals surface area contributed by atoms with Crippen molar-refractivity contribution in [2.24, 2.45) is 11.8 Å². The van der Waals surface area contributed by atoms with Crippen LogP contribution in [0.5, 0.6) is 0 Å². The molecule has 1 rings (SSSR count). The molecule has 0 aromatic rings. The maximum atomic E-state index is 11.7. The minimum Gasteiger partial charge on any atom is -0.396 e. The summed E-state index contributed by atoms with van der Waals surface area (Å²) < 4.78 is 0. The molecule has 2 atom stereocenters. The van der Waals surface area contributed by atoms with E-state index in [1.54, 1.807) is 11.9 Å². The predicted octanol–water partition coefficient (Wildman–Crippen LogP) is -0.401. The van der Waals surface area contributed by atoms with Gasteiger partial charge < -0.3 is 15.3 Å². The Morgan fingerprint density at radius 1 is 1.69 bits per heavy atom. The Kier molecular flexibility index (Phi) is 4.73. The number of aliphatic hydroxyl groups is 1. The van der Waals surface area contributed by atoms with Crippen LogP contribution in [-0.2, 0) is 9.59 Å². The van der Waals surface area contributed by atoms with Crippen LogP contribution in [0.2, 0.25) is 0 Å². The van der Waals surface area contributed by atoms with Gasteiger partial charge in [-0.2, -0.15) is 0 Å². The molecular formula is C11H20N2O3. The van der Waals surface area contributed by atoms with Crippen molar-refractivity contribution in [2.45, 2.75) is 19.8 Å². The monoisotopic (exact) mass is 228 g/mol. The summed E-state index contributed by atoms with van der Waals surface area (Å²) in [6.07, 6.45) is 1.00. The molecular weight excluding hydrogens is 208 g/mol. The second-order valence-electron chi connectivity index (χ2n) is 4.54. The van der Waals surface area contributed by atoms with Crippen molar-refractivity contribution in [2.75, 3.05) is 26.7 Å². The first-order chi connectivity index (χ1) is 7.54. The van der Waals surface area contributed by atoms with Gasteiger partial charge in [0.15, 0.2) is 0 Å². The SMILES string of the molecule is CC(CCO)CNC(=O)C1CC(=O)N(C)C1. The van der Waals surface area contributed by atoms with Crippen molar-refractivity contribution in [1.29, 1.82) is 0 Å². The lowest BCUT2D eigenvalue weighted by Crippen LogP contribution is -2.35. The van der Waals surface area contributed by atoms with Gasteiger partial charge in [0.25, 0.3) is 0 Å². The molecule has 2 N–H and O–H groups in total. The fourth-order valence-corrected chi connectivity index (χ4v) is 1.78. The van der Waals surface area contributed by atoms with Gasteiger partial charge in [-0.25, -0.2) is 0 Å². The summed E-state index contributed by atoms with van der Waals surface area (Å²) in [5.41, 5.74) is 0. The molecule has 16 heavy (non-hydrogen) atoms. The number of hydrogen-bond acceptors (Lipinski definition) is 3. The Morgan fingerprint density at radius 3 is 2.88 bits per heavy atom. The van der Waals surface area contributed by atoms with Gasteiger partial charge in [-0.05, 0) is 12.3 Å². The maximum Gasteiger partial charge on any atom is 0.225 e. The third-order valence-corrected chi connectivity index (χ3v) is 2.96. The molecule has 0 spiro atoms. The summed E-state index contributed by atoms with van der Waals surface area (Å²) in [4.78, 5) is 24.5. The first kappa shape index (κ1) is 13.0. The minimum atomic E-state index is -0.209. The molecule has 1 aliphatic heterocycles. The number of aliphatic hydroxyl groups excluding tert-OH is 1. The minimum absolute atomic E-state index is 0.0311. The summed E-state index contributed by atoms with van der Waals surface area (Å²) >= 11 is 0. The molecule has 0 bridgehead atoms. The molecule has 0 aromatic heterocycles. The molecule has 1 saturated heterocycles. The van der Waals surface area contributed by atoms with E-state index in [4.69, 9.17) is 5.11 Å². The molecule has 1 aliphatic rings. The average Bonchev–Trinajstić information content (AvgIpc) is 2.56. The third kappa shape index (κ3) is 3.48. The highest BCUT2D eigenvalue weighted by Crippen LogP contribution is 2.15. The van der Waals surface area contributed by atoms with Crippen LogP contribution >= 0.6 is 0 Å². The Labute approximate surface area is 95.8 Å². The van der Waals surface area contributed by atoms with Gasteiger partial charge in [0.2, 0.25) is 11.8 Å². The lowest BCUT2D eigenvalue weighted by Gasteiger charge is -2.14. The zero-order valence-corrected chi connectivity index (χ0v) is 9.90. The smallest absolute Gasteiger partial charge is 0.225 e. The number of hydrogen-bond donors (Lipinski definition) is 2. The molecule has 5 heteroatoms. The van der Waals surface area contributed by atoms with Gasteiger partial charge in [-0.3, -0.25) is 9.59 Å². The summed E-state index contributed by atoms with van der Waals surface area (Å²) in [7, 11) is 1.71. The quantitative estimate of drug-likeness (QED) is 0.672. The van der Waals surface area contributed by atoms with Crippen LogP contribution in [0.15, 0.2) is 0 Å². The van der Waals surface area contributed by atoms with Crippen molar-refractivity contribution in [1.82, 2.24) is 10.2 Å². The van der Waals surface area contributed by atoms with Gasteiger partial charge in [0, 0.05) is 33.2 Å². The Hall–Kier alpha value is -1.10. The summed E-state index contributed by atoms with van der Waals surface area (Å²) in [5, 5.41) is 11.5. The molecule has 0 aromatic carbocycles. The number of carbonyl (C=O) groups is 2. The molecule has 2 amide bonds. The number of likely N-dealkylation sites (tertiary alicyclic amines) is 1. The van der Waals surface area contributed by atoms with Crippen molar-refractivity contribution in [3.05, 3.63) is 0 Å². The maximum absolute atomic E-state index is 11.7. The number of nitrogens with one attached hydrogen (secondary N) is 1. The van der Waals surface area contributed by atoms with Gasteiger partial charge >= 0.3 is 0 Å². The number of nitrogens with zero attached hydrogens (tertiary/aromatic N) is 1. The molecule has 1 heterocycles. The summed E-state index contributed by atoms with van der Waals surface area (Å²) in [6.45, 7) is 3.19. The molecule has 0 saturated carbocycles. The number of amides is 2. The zero-order valence-electron chi connectivity index (χ0n) is 9.90. The number of rotatable bonds is 5. The summed E-state index contributed by atoms with van der Waals surface area (Å²) in [6, 6.07) is 0. The Balaban J connectivity index is 2.28. The zero-order chi connectivity index (χ0) is 12.1. The first-order valence-electron chi connectivity index (χ1n) is 5.67. The largest absolute Gasteiger partial charge is 0.396 e. The van der Waals surface area contributed by atoms with Crippen LogP contribution in [-0.4, -0.2) is 48.6 Å². The van der Waals surface area contributed by atoms with Gasteiger partial charge in [-0.15, -0.1) is 0 Å². The second kappa shape index (κ2) is 5.84. The lowest BCUT2D eigenvalue weighted by atomic mass is 10.1. The van der Waals surface area contributed by atoms with Crippen molar-refractivity contribution in [3.63, 3.8) is 0 Å². The van der Waals surface area contributed by atoms with Crippen LogP contribution in [0.3, 0.4) is 0 Å². The molecule has 0 radical (unpaired) electrons. The molecule has 2 unspecified atom stereocenters. The van der Waals surface area contributed by atoms with E-state index in [9.17, 15) is 9.59 Å². The van der Waals surface area contributed by atoms with E-state index in [-0.39, 0.29) is 30.3 Å². The van der Waals surface area contributed by atoms with Crippen LogP contribution in [0.25, 0.3) is 0 Å². The lowest BCUT2D eigenvalue weighted by molar-refractivity contribution is -0.128. The Morgan fingerprint density at radius 2 is 2.38 bits per heavy atom. The molecule has 0 aliphatic carbocycles. The van der Waals surface area contributed by atoms with Gasteiger partial charge in [0.05, 0.1) is 5.92 Å². The highest BCUT2D eigenvalue weighted by atomic mass is 16.3. The Bertz CT molecular complexity index is 268. The van der Waals surface area contributed by atoms with Crippen LogP contribution < -0.4 is 5.32 Å². The fraction of sp³-hybridized carbons (Fsp3) is 0.818. The van der Waals surface area contributed by atoms with Crippen molar-refractivity contribution >= 4 is 11.8 Å². The van der Waals surface area contributed by atoms with E-state index >= 15 is 0 Å². The molecule has 5 nitrogen and oxygen atoms in total. The third-order valence-electron chi connectivity index (χ3n) is 2.96. The predicted molar refractivity (Wildman–Crippen MR) is 59.6 cm³/mol. The highest BCUT2D eigenvalue weighted by Gasteiger charge is 2.31.